The fourth-order valence-corrected chi connectivity index (χ4v) is 5.04. The van der Waals surface area contributed by atoms with Gasteiger partial charge in [0.25, 0.3) is 0 Å². The molecular formula is C25H29N7O2. The molecule has 0 spiro atoms. The monoisotopic (exact) mass is 459 g/mol. The van der Waals surface area contributed by atoms with Gasteiger partial charge in [-0.3, -0.25) is 9.67 Å². The average Bonchev–Trinajstić information content (AvgIpc) is 3.53. The van der Waals surface area contributed by atoms with Crippen LogP contribution in [0, 0.1) is 0 Å². The van der Waals surface area contributed by atoms with Crippen LogP contribution in [0.3, 0.4) is 0 Å². The number of morpholine rings is 1. The number of nitrogens with zero attached hydrogens (tertiary/aromatic N) is 7. The minimum atomic E-state index is -0.0743. The highest BCUT2D eigenvalue weighted by Gasteiger charge is 2.25. The predicted octanol–water partition coefficient (Wildman–Crippen LogP) is 3.82. The van der Waals surface area contributed by atoms with Crippen LogP contribution in [0.4, 0.5) is 5.82 Å². The normalized spacial score (nSPS) is 21.3. The zero-order valence-corrected chi connectivity index (χ0v) is 19.6. The van der Waals surface area contributed by atoms with Gasteiger partial charge in [-0.05, 0) is 50.5 Å². The van der Waals surface area contributed by atoms with Gasteiger partial charge in [-0.15, -0.1) is 0 Å². The molecule has 2 aliphatic rings. The van der Waals surface area contributed by atoms with E-state index in [0.717, 1.165) is 71.8 Å². The number of aryl methyl sites for hydroxylation is 1. The van der Waals surface area contributed by atoms with Crippen molar-refractivity contribution in [3.05, 3.63) is 42.9 Å². The van der Waals surface area contributed by atoms with Gasteiger partial charge in [-0.2, -0.15) is 10.2 Å². The molecule has 2 saturated heterocycles. The molecule has 176 valence electrons. The van der Waals surface area contributed by atoms with Gasteiger partial charge in [0.15, 0.2) is 6.23 Å². The summed E-state index contributed by atoms with van der Waals surface area (Å²) in [5.74, 6) is 0.925. The molecule has 2 atom stereocenters. The molecule has 0 radical (unpaired) electrons. The highest BCUT2D eigenvalue weighted by molar-refractivity contribution is 6.01. The first-order valence-electron chi connectivity index (χ1n) is 12.0. The summed E-state index contributed by atoms with van der Waals surface area (Å²) in [7, 11) is 1.97. The SMILES string of the molecule is C[C@@H]1COCCN1c1cc(-c2ccnn2C)c2ccnc(-c3ccnn3[C@@H]3CCCCO3)c2n1. The first-order valence-corrected chi connectivity index (χ1v) is 12.0. The Labute approximate surface area is 198 Å². The Bertz CT molecular complexity index is 1310. The molecule has 2 fully saturated rings. The van der Waals surface area contributed by atoms with Crippen LogP contribution in [0.25, 0.3) is 33.5 Å². The number of ether oxygens (including phenoxy) is 2. The topological polar surface area (TPSA) is 83.1 Å². The van der Waals surface area contributed by atoms with E-state index in [9.17, 15) is 0 Å². The fourth-order valence-electron chi connectivity index (χ4n) is 5.04. The van der Waals surface area contributed by atoms with Crippen molar-refractivity contribution >= 4 is 16.7 Å². The van der Waals surface area contributed by atoms with E-state index in [0.29, 0.717) is 13.2 Å². The highest BCUT2D eigenvalue weighted by Crippen LogP contribution is 2.37. The van der Waals surface area contributed by atoms with Crippen LogP contribution in [-0.2, 0) is 16.5 Å². The lowest BCUT2D eigenvalue weighted by atomic mass is 10.0. The molecular weight excluding hydrogens is 430 g/mol. The molecule has 0 aromatic carbocycles. The molecule has 2 aliphatic heterocycles. The second-order valence-corrected chi connectivity index (χ2v) is 9.02. The zero-order chi connectivity index (χ0) is 23.1. The molecule has 9 heteroatoms. The summed E-state index contributed by atoms with van der Waals surface area (Å²) in [4.78, 5) is 12.3. The number of anilines is 1. The van der Waals surface area contributed by atoms with Crippen molar-refractivity contribution in [3.63, 3.8) is 0 Å². The Kier molecular flexibility index (Phi) is 5.50. The summed E-state index contributed by atoms with van der Waals surface area (Å²) in [5, 5.41) is 10.1. The van der Waals surface area contributed by atoms with Crippen LogP contribution in [0.1, 0.15) is 32.4 Å². The lowest BCUT2D eigenvalue weighted by Crippen LogP contribution is -2.44. The maximum atomic E-state index is 6.05. The Morgan fingerprint density at radius 2 is 1.88 bits per heavy atom. The summed E-state index contributed by atoms with van der Waals surface area (Å²) in [5.41, 5.74) is 4.72. The summed E-state index contributed by atoms with van der Waals surface area (Å²) in [6, 6.07) is 8.50. The molecule has 0 aliphatic carbocycles. The summed E-state index contributed by atoms with van der Waals surface area (Å²) >= 11 is 0. The molecule has 34 heavy (non-hydrogen) atoms. The van der Waals surface area contributed by atoms with Gasteiger partial charge in [0.2, 0.25) is 0 Å². The van der Waals surface area contributed by atoms with E-state index in [4.69, 9.17) is 19.4 Å². The van der Waals surface area contributed by atoms with Gasteiger partial charge in [-0.25, -0.2) is 9.67 Å². The van der Waals surface area contributed by atoms with Gasteiger partial charge >= 0.3 is 0 Å². The third-order valence-electron chi connectivity index (χ3n) is 6.81. The Morgan fingerprint density at radius 1 is 1.00 bits per heavy atom. The van der Waals surface area contributed by atoms with Gasteiger partial charge in [0.1, 0.15) is 17.0 Å². The lowest BCUT2D eigenvalue weighted by Gasteiger charge is -2.34. The third kappa shape index (κ3) is 3.65. The van der Waals surface area contributed by atoms with E-state index in [1.807, 2.05) is 53.2 Å². The smallest absolute Gasteiger partial charge is 0.150 e. The molecule has 0 amide bonds. The summed E-state index contributed by atoms with van der Waals surface area (Å²) in [6.45, 7) is 5.11. The number of fused-ring (bicyclic) bond motifs is 1. The quantitative estimate of drug-likeness (QED) is 0.459. The van der Waals surface area contributed by atoms with Crippen molar-refractivity contribution in [1.29, 1.82) is 0 Å². The Balaban J connectivity index is 1.57. The van der Waals surface area contributed by atoms with Crippen molar-refractivity contribution in [2.24, 2.45) is 7.05 Å². The number of aromatic nitrogens is 6. The molecule has 0 bridgehead atoms. The number of rotatable bonds is 4. The van der Waals surface area contributed by atoms with E-state index < -0.39 is 0 Å². The van der Waals surface area contributed by atoms with E-state index in [1.165, 1.54) is 0 Å². The standard InChI is InChI=1S/C25H29N7O2/c1-17-16-33-14-12-31(17)22-15-19(20-7-10-27-30(20)2)18-6-9-26-25(24(18)29-22)21-8-11-28-32(21)23-5-3-4-13-34-23/h6-11,15,17,23H,3-5,12-14,16H2,1-2H3/t17-,23+/m1/s1. The zero-order valence-electron chi connectivity index (χ0n) is 19.6. The van der Waals surface area contributed by atoms with Crippen LogP contribution in [0.15, 0.2) is 42.9 Å². The summed E-state index contributed by atoms with van der Waals surface area (Å²) in [6.07, 6.45) is 8.61. The maximum Gasteiger partial charge on any atom is 0.150 e. The molecule has 0 saturated carbocycles. The molecule has 6 heterocycles. The van der Waals surface area contributed by atoms with Gasteiger partial charge in [-0.1, -0.05) is 0 Å². The maximum absolute atomic E-state index is 6.05. The molecule has 0 N–H and O–H groups in total. The van der Waals surface area contributed by atoms with Crippen LogP contribution in [-0.4, -0.2) is 61.9 Å². The summed E-state index contributed by atoms with van der Waals surface area (Å²) < 4.78 is 15.6. The first kappa shape index (κ1) is 21.2. The van der Waals surface area contributed by atoms with Crippen molar-refractivity contribution in [3.8, 4) is 22.6 Å². The second kappa shape index (κ2) is 8.81. The van der Waals surface area contributed by atoms with Crippen LogP contribution >= 0.6 is 0 Å². The molecule has 0 unspecified atom stereocenters. The number of hydrogen-bond acceptors (Lipinski definition) is 7. The fraction of sp³-hybridized carbons (Fsp3) is 0.440. The van der Waals surface area contributed by atoms with Gasteiger partial charge < -0.3 is 14.4 Å². The predicted molar refractivity (Wildman–Crippen MR) is 129 cm³/mol. The second-order valence-electron chi connectivity index (χ2n) is 9.02. The van der Waals surface area contributed by atoms with Crippen LogP contribution in [0.5, 0.6) is 0 Å². The largest absolute Gasteiger partial charge is 0.377 e. The Hall–Kier alpha value is -3.30. The first-order chi connectivity index (χ1) is 16.7. The van der Waals surface area contributed by atoms with Crippen molar-refractivity contribution in [2.75, 3.05) is 31.3 Å². The lowest BCUT2D eigenvalue weighted by molar-refractivity contribution is -0.0383. The molecule has 4 aromatic heterocycles. The minimum absolute atomic E-state index is 0.0743. The number of pyridine rings is 2. The third-order valence-corrected chi connectivity index (χ3v) is 6.81. The van der Waals surface area contributed by atoms with E-state index >= 15 is 0 Å². The molecule has 9 nitrogen and oxygen atoms in total. The van der Waals surface area contributed by atoms with E-state index in [1.54, 1.807) is 0 Å². The average molecular weight is 460 g/mol. The van der Waals surface area contributed by atoms with E-state index in [-0.39, 0.29) is 12.3 Å². The van der Waals surface area contributed by atoms with Crippen molar-refractivity contribution in [1.82, 2.24) is 29.5 Å². The van der Waals surface area contributed by atoms with Crippen molar-refractivity contribution < 1.29 is 9.47 Å². The van der Waals surface area contributed by atoms with Crippen molar-refractivity contribution in [2.45, 2.75) is 38.5 Å². The molecule has 6 rings (SSSR count). The molecule has 4 aromatic rings. The van der Waals surface area contributed by atoms with Crippen LogP contribution < -0.4 is 4.90 Å². The van der Waals surface area contributed by atoms with E-state index in [2.05, 4.69) is 28.1 Å². The number of hydrogen-bond donors (Lipinski definition) is 0. The van der Waals surface area contributed by atoms with Crippen LogP contribution in [0.2, 0.25) is 0 Å². The highest BCUT2D eigenvalue weighted by atomic mass is 16.5. The van der Waals surface area contributed by atoms with Gasteiger partial charge in [0.05, 0.1) is 30.6 Å². The minimum Gasteiger partial charge on any atom is -0.377 e. The Morgan fingerprint density at radius 3 is 2.68 bits per heavy atom. The van der Waals surface area contributed by atoms with Gasteiger partial charge in [0, 0.05) is 49.7 Å².